The Balaban J connectivity index is 1.74. The molecule has 3 aromatic rings. The van der Waals surface area contributed by atoms with Crippen molar-refractivity contribution < 1.29 is 4.79 Å². The number of nitrogens with zero attached hydrogens (tertiary/aromatic N) is 5. The molecule has 0 aliphatic rings. The summed E-state index contributed by atoms with van der Waals surface area (Å²) >= 11 is 0. The van der Waals surface area contributed by atoms with Gasteiger partial charge in [0.2, 0.25) is 11.9 Å². The van der Waals surface area contributed by atoms with Crippen molar-refractivity contribution >= 4 is 22.9 Å². The van der Waals surface area contributed by atoms with Gasteiger partial charge >= 0.3 is 0 Å². The molecule has 0 spiro atoms. The van der Waals surface area contributed by atoms with Crippen LogP contribution in [-0.2, 0) is 18.4 Å². The molecular formula is C12H12N6O. The number of amides is 1. The number of aromatic nitrogens is 5. The van der Waals surface area contributed by atoms with Gasteiger partial charge in [-0.05, 0) is 12.1 Å². The third-order valence-electron chi connectivity index (χ3n) is 2.69. The van der Waals surface area contributed by atoms with Crippen LogP contribution in [0, 0.1) is 0 Å². The standard InChI is InChI=1S/C12H12N6O/c1-17-7-6-13-12(17)14-11(19)8-18-15-9-4-2-3-5-10(9)16-18/h2-7H,8H2,1H3,(H,13,14,19). The number of carbonyl (C=O) groups excluding carboxylic acids is 1. The van der Waals surface area contributed by atoms with Gasteiger partial charge in [-0.2, -0.15) is 15.0 Å². The minimum absolute atomic E-state index is 0.0571. The van der Waals surface area contributed by atoms with E-state index in [2.05, 4.69) is 20.5 Å². The predicted molar refractivity (Wildman–Crippen MR) is 69.4 cm³/mol. The van der Waals surface area contributed by atoms with E-state index >= 15 is 0 Å². The van der Waals surface area contributed by atoms with E-state index in [-0.39, 0.29) is 12.5 Å². The van der Waals surface area contributed by atoms with Crippen LogP contribution in [0.2, 0.25) is 0 Å². The molecule has 0 radical (unpaired) electrons. The highest BCUT2D eigenvalue weighted by atomic mass is 16.2. The Morgan fingerprint density at radius 1 is 1.26 bits per heavy atom. The normalized spacial score (nSPS) is 10.8. The van der Waals surface area contributed by atoms with Gasteiger partial charge in [0.1, 0.15) is 17.6 Å². The molecule has 2 aromatic heterocycles. The largest absolute Gasteiger partial charge is 0.320 e. The number of hydrogen-bond donors (Lipinski definition) is 1. The van der Waals surface area contributed by atoms with Gasteiger partial charge in [0.15, 0.2) is 0 Å². The molecule has 7 heteroatoms. The Bertz CT molecular complexity index is 695. The first-order chi connectivity index (χ1) is 9.22. The number of hydrogen-bond acceptors (Lipinski definition) is 4. The van der Waals surface area contributed by atoms with E-state index in [1.807, 2.05) is 31.3 Å². The first kappa shape index (κ1) is 11.4. The summed E-state index contributed by atoms with van der Waals surface area (Å²) in [7, 11) is 1.81. The zero-order chi connectivity index (χ0) is 13.2. The van der Waals surface area contributed by atoms with Crippen LogP contribution in [0.25, 0.3) is 11.0 Å². The van der Waals surface area contributed by atoms with Crippen molar-refractivity contribution in [1.82, 2.24) is 24.5 Å². The van der Waals surface area contributed by atoms with E-state index in [4.69, 9.17) is 0 Å². The lowest BCUT2D eigenvalue weighted by molar-refractivity contribution is -0.117. The average molecular weight is 256 g/mol. The van der Waals surface area contributed by atoms with E-state index in [9.17, 15) is 4.79 Å². The molecule has 3 rings (SSSR count). The Labute approximate surface area is 108 Å². The Hall–Kier alpha value is -2.70. The molecule has 1 aromatic carbocycles. The number of imidazole rings is 1. The maximum Gasteiger partial charge on any atom is 0.250 e. The minimum atomic E-state index is -0.213. The fourth-order valence-electron chi connectivity index (χ4n) is 1.75. The van der Waals surface area contributed by atoms with Crippen molar-refractivity contribution in [2.75, 3.05) is 5.32 Å². The topological polar surface area (TPSA) is 77.6 Å². The van der Waals surface area contributed by atoms with Gasteiger partial charge in [-0.25, -0.2) is 4.98 Å². The van der Waals surface area contributed by atoms with E-state index in [0.29, 0.717) is 5.95 Å². The number of rotatable bonds is 3. The summed E-state index contributed by atoms with van der Waals surface area (Å²) in [4.78, 5) is 17.2. The second-order valence-electron chi connectivity index (χ2n) is 4.13. The molecule has 0 saturated carbocycles. The summed E-state index contributed by atoms with van der Waals surface area (Å²) < 4.78 is 1.73. The second kappa shape index (κ2) is 4.52. The van der Waals surface area contributed by atoms with Gasteiger partial charge in [0.05, 0.1) is 0 Å². The van der Waals surface area contributed by atoms with E-state index in [1.165, 1.54) is 4.80 Å². The van der Waals surface area contributed by atoms with Crippen LogP contribution >= 0.6 is 0 Å². The van der Waals surface area contributed by atoms with Crippen LogP contribution in [0.3, 0.4) is 0 Å². The minimum Gasteiger partial charge on any atom is -0.320 e. The first-order valence-corrected chi connectivity index (χ1v) is 5.79. The number of nitrogens with one attached hydrogen (secondary N) is 1. The Morgan fingerprint density at radius 2 is 1.95 bits per heavy atom. The van der Waals surface area contributed by atoms with Crippen molar-refractivity contribution in [2.45, 2.75) is 6.54 Å². The molecule has 1 amide bonds. The van der Waals surface area contributed by atoms with Crippen LogP contribution in [0.4, 0.5) is 5.95 Å². The number of aryl methyl sites for hydroxylation is 1. The lowest BCUT2D eigenvalue weighted by Crippen LogP contribution is -2.21. The van der Waals surface area contributed by atoms with E-state index in [1.54, 1.807) is 17.0 Å². The van der Waals surface area contributed by atoms with Crippen molar-refractivity contribution in [3.05, 3.63) is 36.7 Å². The van der Waals surface area contributed by atoms with Crippen molar-refractivity contribution in [2.24, 2.45) is 7.05 Å². The zero-order valence-electron chi connectivity index (χ0n) is 10.3. The van der Waals surface area contributed by atoms with E-state index in [0.717, 1.165) is 11.0 Å². The van der Waals surface area contributed by atoms with E-state index < -0.39 is 0 Å². The van der Waals surface area contributed by atoms with Crippen molar-refractivity contribution in [3.63, 3.8) is 0 Å². The highest BCUT2D eigenvalue weighted by molar-refractivity contribution is 5.88. The summed E-state index contributed by atoms with van der Waals surface area (Å²) in [6, 6.07) is 7.48. The number of benzene rings is 1. The molecule has 7 nitrogen and oxygen atoms in total. The monoisotopic (exact) mass is 256 g/mol. The second-order valence-corrected chi connectivity index (χ2v) is 4.13. The molecule has 19 heavy (non-hydrogen) atoms. The highest BCUT2D eigenvalue weighted by Gasteiger charge is 2.09. The summed E-state index contributed by atoms with van der Waals surface area (Å²) in [5.41, 5.74) is 1.54. The molecule has 0 bridgehead atoms. The SMILES string of the molecule is Cn1ccnc1NC(=O)Cn1nc2ccccc2n1. The number of fused-ring (bicyclic) bond motifs is 1. The number of carbonyl (C=O) groups is 1. The maximum atomic E-state index is 11.8. The van der Waals surface area contributed by atoms with Crippen LogP contribution in [0.15, 0.2) is 36.7 Å². The first-order valence-electron chi connectivity index (χ1n) is 5.79. The van der Waals surface area contributed by atoms with Gasteiger partial charge in [-0.3, -0.25) is 10.1 Å². The Morgan fingerprint density at radius 3 is 2.53 bits per heavy atom. The molecule has 2 heterocycles. The van der Waals surface area contributed by atoms with Crippen LogP contribution in [-0.4, -0.2) is 30.5 Å². The lowest BCUT2D eigenvalue weighted by atomic mass is 10.3. The summed E-state index contributed by atoms with van der Waals surface area (Å²) in [6.07, 6.45) is 3.38. The fourth-order valence-corrected chi connectivity index (χ4v) is 1.75. The quantitative estimate of drug-likeness (QED) is 0.752. The van der Waals surface area contributed by atoms with Gasteiger partial charge in [0.25, 0.3) is 0 Å². The molecule has 0 fully saturated rings. The van der Waals surface area contributed by atoms with Gasteiger partial charge in [-0.1, -0.05) is 12.1 Å². The van der Waals surface area contributed by atoms with Crippen LogP contribution in [0.5, 0.6) is 0 Å². The summed E-state index contributed by atoms with van der Waals surface area (Å²) in [5, 5.41) is 11.1. The van der Waals surface area contributed by atoms with Gasteiger partial charge < -0.3 is 4.57 Å². The molecule has 0 aliphatic carbocycles. The van der Waals surface area contributed by atoms with Crippen LogP contribution < -0.4 is 5.32 Å². The van der Waals surface area contributed by atoms with Gasteiger partial charge in [0, 0.05) is 19.4 Å². The predicted octanol–water partition coefficient (Wildman–Crippen LogP) is 0.803. The Kier molecular flexibility index (Phi) is 2.71. The van der Waals surface area contributed by atoms with Crippen molar-refractivity contribution in [3.8, 4) is 0 Å². The number of anilines is 1. The molecule has 96 valence electrons. The average Bonchev–Trinajstić information content (AvgIpc) is 2.95. The molecule has 0 aliphatic heterocycles. The molecular weight excluding hydrogens is 244 g/mol. The summed E-state index contributed by atoms with van der Waals surface area (Å²) in [5.74, 6) is 0.288. The zero-order valence-corrected chi connectivity index (χ0v) is 10.3. The fraction of sp³-hybridized carbons (Fsp3) is 0.167. The lowest BCUT2D eigenvalue weighted by Gasteiger charge is -2.03. The smallest absolute Gasteiger partial charge is 0.250 e. The molecule has 0 unspecified atom stereocenters. The molecule has 1 N–H and O–H groups in total. The van der Waals surface area contributed by atoms with Crippen LogP contribution in [0.1, 0.15) is 0 Å². The summed E-state index contributed by atoms with van der Waals surface area (Å²) in [6.45, 7) is 0.0571. The highest BCUT2D eigenvalue weighted by Crippen LogP contribution is 2.07. The van der Waals surface area contributed by atoms with Crippen molar-refractivity contribution in [1.29, 1.82) is 0 Å². The third kappa shape index (κ3) is 2.30. The van der Waals surface area contributed by atoms with Gasteiger partial charge in [-0.15, -0.1) is 0 Å². The molecule has 0 saturated heterocycles. The maximum absolute atomic E-state index is 11.8. The third-order valence-corrected chi connectivity index (χ3v) is 2.69. The molecule has 0 atom stereocenters.